The maximum Gasteiger partial charge on any atom is 0.0645 e. The quantitative estimate of drug-likeness (QED) is 0.808. The Bertz CT molecular complexity index is 677. The van der Waals surface area contributed by atoms with Crippen LogP contribution in [0.5, 0.6) is 0 Å². The fourth-order valence-corrected chi connectivity index (χ4v) is 4.63. The first-order valence-corrected chi connectivity index (χ1v) is 9.60. The van der Waals surface area contributed by atoms with Gasteiger partial charge in [0.05, 0.1) is 11.8 Å². The third-order valence-electron chi connectivity index (χ3n) is 6.14. The Kier molecular flexibility index (Phi) is 4.91. The molecule has 2 aliphatic heterocycles. The smallest absolute Gasteiger partial charge is 0.0645 e. The van der Waals surface area contributed by atoms with Crippen molar-refractivity contribution in [3.8, 4) is 0 Å². The Balaban J connectivity index is 1.46. The molecule has 2 aliphatic rings. The summed E-state index contributed by atoms with van der Waals surface area (Å²) in [5, 5.41) is 4.31. The molecule has 1 aromatic heterocycles. The standard InChI is InChI=1S/C21H29N3O/c1-23-19(10-13-22-23)16-24-14-12-21(17-24,20-8-5-15-25-20)11-9-18-6-3-2-4-7-18/h2-4,6-7,10,13,20H,5,8-9,11-12,14-17H2,1H3. The minimum Gasteiger partial charge on any atom is -0.378 e. The second-order valence-electron chi connectivity index (χ2n) is 7.76. The molecule has 4 rings (SSSR count). The molecule has 25 heavy (non-hydrogen) atoms. The van der Waals surface area contributed by atoms with Crippen LogP contribution in [0.1, 0.15) is 36.9 Å². The monoisotopic (exact) mass is 339 g/mol. The molecule has 0 bridgehead atoms. The lowest BCUT2D eigenvalue weighted by molar-refractivity contribution is -0.00191. The number of rotatable bonds is 6. The van der Waals surface area contributed by atoms with Gasteiger partial charge in [-0.1, -0.05) is 30.3 Å². The number of likely N-dealkylation sites (tertiary alicyclic amines) is 1. The molecule has 0 N–H and O–H groups in total. The van der Waals surface area contributed by atoms with E-state index < -0.39 is 0 Å². The number of hydrogen-bond acceptors (Lipinski definition) is 3. The van der Waals surface area contributed by atoms with Crippen molar-refractivity contribution in [2.75, 3.05) is 19.7 Å². The normalized spacial score (nSPS) is 27.2. The molecule has 0 radical (unpaired) electrons. The van der Waals surface area contributed by atoms with Gasteiger partial charge in [0.1, 0.15) is 0 Å². The number of aromatic nitrogens is 2. The summed E-state index contributed by atoms with van der Waals surface area (Å²) < 4.78 is 8.19. The minimum absolute atomic E-state index is 0.310. The zero-order valence-corrected chi connectivity index (χ0v) is 15.2. The molecule has 0 spiro atoms. The maximum atomic E-state index is 6.19. The van der Waals surface area contributed by atoms with Crippen molar-refractivity contribution in [2.24, 2.45) is 12.5 Å². The van der Waals surface area contributed by atoms with Crippen LogP contribution in [0.25, 0.3) is 0 Å². The van der Waals surface area contributed by atoms with Gasteiger partial charge in [-0.3, -0.25) is 9.58 Å². The molecule has 0 aliphatic carbocycles. The lowest BCUT2D eigenvalue weighted by atomic mass is 9.75. The predicted molar refractivity (Wildman–Crippen MR) is 99.3 cm³/mol. The molecule has 2 unspecified atom stereocenters. The molecule has 4 heteroatoms. The molecule has 1 aromatic carbocycles. The molecule has 2 atom stereocenters. The molecule has 134 valence electrons. The summed E-state index contributed by atoms with van der Waals surface area (Å²) in [7, 11) is 2.04. The molecule has 2 saturated heterocycles. The average Bonchev–Trinajstić information content (AvgIpc) is 3.37. The van der Waals surface area contributed by atoms with Gasteiger partial charge < -0.3 is 4.74 Å². The summed E-state index contributed by atoms with van der Waals surface area (Å²) in [4.78, 5) is 2.60. The van der Waals surface area contributed by atoms with Gasteiger partial charge in [-0.05, 0) is 50.3 Å². The third kappa shape index (κ3) is 3.65. The molecular weight excluding hydrogens is 310 g/mol. The first-order chi connectivity index (χ1) is 12.3. The van der Waals surface area contributed by atoms with Crippen molar-refractivity contribution >= 4 is 0 Å². The highest BCUT2D eigenvalue weighted by Gasteiger charge is 2.45. The minimum atomic E-state index is 0.310. The first kappa shape index (κ1) is 16.8. The average molecular weight is 339 g/mol. The van der Waals surface area contributed by atoms with Crippen molar-refractivity contribution in [1.29, 1.82) is 0 Å². The summed E-state index contributed by atoms with van der Waals surface area (Å²) >= 11 is 0. The van der Waals surface area contributed by atoms with E-state index >= 15 is 0 Å². The molecule has 4 nitrogen and oxygen atoms in total. The SMILES string of the molecule is Cn1nccc1CN1CCC(CCc2ccccc2)(C2CCCO2)C1. The van der Waals surface area contributed by atoms with E-state index in [2.05, 4.69) is 46.4 Å². The topological polar surface area (TPSA) is 30.3 Å². The van der Waals surface area contributed by atoms with Crippen molar-refractivity contribution in [3.63, 3.8) is 0 Å². The fourth-order valence-electron chi connectivity index (χ4n) is 4.63. The van der Waals surface area contributed by atoms with Crippen LogP contribution < -0.4 is 0 Å². The van der Waals surface area contributed by atoms with E-state index in [0.717, 1.165) is 26.1 Å². The highest BCUT2D eigenvalue weighted by molar-refractivity contribution is 5.15. The van der Waals surface area contributed by atoms with Crippen LogP contribution in [0, 0.1) is 5.41 Å². The van der Waals surface area contributed by atoms with Crippen molar-refractivity contribution < 1.29 is 4.74 Å². The summed E-state index contributed by atoms with van der Waals surface area (Å²) in [5.74, 6) is 0. The van der Waals surface area contributed by atoms with Crippen molar-refractivity contribution in [3.05, 3.63) is 53.9 Å². The zero-order chi connectivity index (χ0) is 17.1. The first-order valence-electron chi connectivity index (χ1n) is 9.60. The van der Waals surface area contributed by atoms with Gasteiger partial charge in [-0.15, -0.1) is 0 Å². The molecule has 2 aromatic rings. The van der Waals surface area contributed by atoms with Gasteiger partial charge >= 0.3 is 0 Å². The van der Waals surface area contributed by atoms with E-state index in [1.807, 2.05) is 17.9 Å². The fraction of sp³-hybridized carbons (Fsp3) is 0.571. The van der Waals surface area contributed by atoms with Gasteiger partial charge in [0.2, 0.25) is 0 Å². The second kappa shape index (κ2) is 7.30. The van der Waals surface area contributed by atoms with E-state index in [0.29, 0.717) is 11.5 Å². The number of nitrogens with zero attached hydrogens (tertiary/aromatic N) is 3. The summed E-state index contributed by atoms with van der Waals surface area (Å²) in [6.07, 6.45) is 8.42. The summed E-state index contributed by atoms with van der Waals surface area (Å²) in [6, 6.07) is 13.0. The largest absolute Gasteiger partial charge is 0.378 e. The predicted octanol–water partition coefficient (Wildman–Crippen LogP) is 3.42. The Morgan fingerprint density at radius 3 is 2.84 bits per heavy atom. The van der Waals surface area contributed by atoms with Crippen LogP contribution >= 0.6 is 0 Å². The highest BCUT2D eigenvalue weighted by atomic mass is 16.5. The third-order valence-corrected chi connectivity index (χ3v) is 6.14. The van der Waals surface area contributed by atoms with E-state index in [4.69, 9.17) is 4.74 Å². The van der Waals surface area contributed by atoms with E-state index in [1.165, 1.54) is 43.5 Å². The van der Waals surface area contributed by atoms with Crippen LogP contribution in [0.2, 0.25) is 0 Å². The molecule has 3 heterocycles. The van der Waals surface area contributed by atoms with Crippen LogP contribution in [0.4, 0.5) is 0 Å². The Labute approximate surface area is 150 Å². The highest BCUT2D eigenvalue weighted by Crippen LogP contribution is 2.43. The van der Waals surface area contributed by atoms with Crippen molar-refractivity contribution in [1.82, 2.24) is 14.7 Å². The van der Waals surface area contributed by atoms with E-state index in [-0.39, 0.29) is 0 Å². The molecule has 0 saturated carbocycles. The van der Waals surface area contributed by atoms with Crippen LogP contribution in [-0.4, -0.2) is 40.5 Å². The number of hydrogen-bond donors (Lipinski definition) is 0. The van der Waals surface area contributed by atoms with Crippen LogP contribution in [0.15, 0.2) is 42.6 Å². The van der Waals surface area contributed by atoms with Crippen LogP contribution in [0.3, 0.4) is 0 Å². The van der Waals surface area contributed by atoms with Gasteiger partial charge in [0.15, 0.2) is 0 Å². The lowest BCUT2D eigenvalue weighted by Crippen LogP contribution is -2.38. The molecule has 2 fully saturated rings. The van der Waals surface area contributed by atoms with Crippen molar-refractivity contribution in [2.45, 2.75) is 44.8 Å². The number of benzene rings is 1. The molecule has 0 amide bonds. The van der Waals surface area contributed by atoms with Gasteiger partial charge in [0, 0.05) is 38.4 Å². The van der Waals surface area contributed by atoms with Crippen LogP contribution in [-0.2, 0) is 24.8 Å². The Morgan fingerprint density at radius 1 is 1.24 bits per heavy atom. The Hall–Kier alpha value is -1.65. The number of ether oxygens (including phenoxy) is 1. The van der Waals surface area contributed by atoms with Gasteiger partial charge in [-0.2, -0.15) is 5.10 Å². The summed E-state index contributed by atoms with van der Waals surface area (Å²) in [5.41, 5.74) is 3.06. The number of aryl methyl sites for hydroxylation is 2. The van der Waals surface area contributed by atoms with E-state index in [9.17, 15) is 0 Å². The van der Waals surface area contributed by atoms with Gasteiger partial charge in [0.25, 0.3) is 0 Å². The zero-order valence-electron chi connectivity index (χ0n) is 15.2. The Morgan fingerprint density at radius 2 is 2.12 bits per heavy atom. The maximum absolute atomic E-state index is 6.19. The molecular formula is C21H29N3O. The lowest BCUT2D eigenvalue weighted by Gasteiger charge is -2.35. The summed E-state index contributed by atoms with van der Waals surface area (Å²) in [6.45, 7) is 4.26. The second-order valence-corrected chi connectivity index (χ2v) is 7.76. The van der Waals surface area contributed by atoms with Gasteiger partial charge in [-0.25, -0.2) is 0 Å². The van der Waals surface area contributed by atoms with E-state index in [1.54, 1.807) is 0 Å².